The Bertz CT molecular complexity index is 222. The Labute approximate surface area is 78.3 Å². The Morgan fingerprint density at radius 1 is 1.62 bits per heavy atom. The summed E-state index contributed by atoms with van der Waals surface area (Å²) in [7, 11) is 1.81. The van der Waals surface area contributed by atoms with Crippen LogP contribution < -0.4 is 5.73 Å². The molecule has 0 aromatic heterocycles. The number of carbonyl (C=O) groups excluding carboxylic acids is 1. The molecule has 0 aromatic carbocycles. The molecule has 0 fully saturated rings. The Morgan fingerprint density at radius 3 is 2.69 bits per heavy atom. The van der Waals surface area contributed by atoms with E-state index in [1.54, 1.807) is 18.0 Å². The predicted molar refractivity (Wildman–Crippen MR) is 52.2 cm³/mol. The fraction of sp³-hybridized carbons (Fsp3) is 0.444. The van der Waals surface area contributed by atoms with E-state index in [4.69, 9.17) is 10.8 Å². The molecule has 0 rings (SSSR count). The van der Waals surface area contributed by atoms with Gasteiger partial charge in [-0.05, 0) is 13.0 Å². The SMILES string of the molecule is C/C=C(\O)C(=O)/C=C\N(C)CCN. The summed E-state index contributed by atoms with van der Waals surface area (Å²) in [6.07, 6.45) is 4.26. The van der Waals surface area contributed by atoms with Gasteiger partial charge >= 0.3 is 0 Å². The van der Waals surface area contributed by atoms with E-state index >= 15 is 0 Å². The molecule has 4 nitrogen and oxygen atoms in total. The van der Waals surface area contributed by atoms with Gasteiger partial charge in [0.1, 0.15) is 0 Å². The summed E-state index contributed by atoms with van der Waals surface area (Å²) in [5.74, 6) is -0.635. The van der Waals surface area contributed by atoms with Crippen molar-refractivity contribution in [3.05, 3.63) is 24.1 Å². The molecule has 3 N–H and O–H groups in total. The minimum absolute atomic E-state index is 0.239. The third-order valence-electron chi connectivity index (χ3n) is 1.49. The molecule has 0 radical (unpaired) electrons. The fourth-order valence-electron chi connectivity index (χ4n) is 0.701. The van der Waals surface area contributed by atoms with E-state index in [1.807, 2.05) is 7.05 Å². The van der Waals surface area contributed by atoms with Crippen LogP contribution in [-0.4, -0.2) is 35.9 Å². The molecule has 0 unspecified atom stereocenters. The molecule has 4 heteroatoms. The zero-order valence-electron chi connectivity index (χ0n) is 8.03. The summed E-state index contributed by atoms with van der Waals surface area (Å²) >= 11 is 0. The van der Waals surface area contributed by atoms with Crippen molar-refractivity contribution in [3.8, 4) is 0 Å². The summed E-state index contributed by atoms with van der Waals surface area (Å²) in [6.45, 7) is 2.82. The lowest BCUT2D eigenvalue weighted by Gasteiger charge is -2.10. The highest BCUT2D eigenvalue weighted by Crippen LogP contribution is 1.93. The zero-order chi connectivity index (χ0) is 10.3. The predicted octanol–water partition coefficient (Wildman–Crippen LogP) is 0.422. The van der Waals surface area contributed by atoms with E-state index < -0.39 is 5.78 Å². The molecule has 0 amide bonds. The summed E-state index contributed by atoms with van der Waals surface area (Å²) in [4.78, 5) is 12.8. The number of nitrogens with zero attached hydrogens (tertiary/aromatic N) is 1. The summed E-state index contributed by atoms with van der Waals surface area (Å²) in [6, 6.07) is 0. The van der Waals surface area contributed by atoms with Crippen LogP contribution in [0.25, 0.3) is 0 Å². The summed E-state index contributed by atoms with van der Waals surface area (Å²) in [5, 5.41) is 8.99. The van der Waals surface area contributed by atoms with Crippen molar-refractivity contribution in [1.82, 2.24) is 4.90 Å². The molecule has 0 heterocycles. The number of allylic oxidation sites excluding steroid dienone is 2. The van der Waals surface area contributed by atoms with Crippen LogP contribution in [0.1, 0.15) is 6.92 Å². The van der Waals surface area contributed by atoms with E-state index in [2.05, 4.69) is 0 Å². The molecule has 0 aromatic rings. The molecule has 74 valence electrons. The van der Waals surface area contributed by atoms with Crippen LogP contribution >= 0.6 is 0 Å². The van der Waals surface area contributed by atoms with Crippen LogP contribution in [0.5, 0.6) is 0 Å². The molecule has 0 saturated carbocycles. The van der Waals surface area contributed by atoms with Crippen LogP contribution in [-0.2, 0) is 4.79 Å². The fourth-order valence-corrected chi connectivity index (χ4v) is 0.701. The van der Waals surface area contributed by atoms with Gasteiger partial charge in [-0.25, -0.2) is 0 Å². The van der Waals surface area contributed by atoms with E-state index in [9.17, 15) is 4.79 Å². The lowest BCUT2D eigenvalue weighted by molar-refractivity contribution is -0.113. The highest BCUT2D eigenvalue weighted by Gasteiger charge is 2.00. The molecule has 0 aliphatic heterocycles. The third-order valence-corrected chi connectivity index (χ3v) is 1.49. The highest BCUT2D eigenvalue weighted by atomic mass is 16.3. The molecule has 0 atom stereocenters. The van der Waals surface area contributed by atoms with Crippen molar-refractivity contribution in [2.45, 2.75) is 6.92 Å². The zero-order valence-corrected chi connectivity index (χ0v) is 8.03. The van der Waals surface area contributed by atoms with E-state index in [0.717, 1.165) is 0 Å². The number of rotatable bonds is 5. The van der Waals surface area contributed by atoms with Gasteiger partial charge in [0.05, 0.1) is 0 Å². The number of hydrogen-bond donors (Lipinski definition) is 2. The molecule has 0 aliphatic rings. The van der Waals surface area contributed by atoms with Crippen molar-refractivity contribution >= 4 is 5.78 Å². The third kappa shape index (κ3) is 5.03. The Balaban J connectivity index is 4.04. The molecule has 0 saturated heterocycles. The normalized spacial score (nSPS) is 12.1. The van der Waals surface area contributed by atoms with Gasteiger partial charge in [0.25, 0.3) is 0 Å². The number of carbonyl (C=O) groups is 1. The molecule has 0 bridgehead atoms. The van der Waals surface area contributed by atoms with Crippen molar-refractivity contribution in [2.24, 2.45) is 5.73 Å². The molecule has 0 spiro atoms. The monoisotopic (exact) mass is 184 g/mol. The van der Waals surface area contributed by atoms with Crippen LogP contribution in [0.15, 0.2) is 24.1 Å². The minimum Gasteiger partial charge on any atom is -0.504 e. The first-order valence-corrected chi connectivity index (χ1v) is 4.10. The smallest absolute Gasteiger partial charge is 0.221 e. The first-order chi connectivity index (χ1) is 6.11. The molecular formula is C9H16N2O2. The van der Waals surface area contributed by atoms with Gasteiger partial charge in [0.15, 0.2) is 5.76 Å². The second kappa shape index (κ2) is 6.25. The van der Waals surface area contributed by atoms with E-state index in [1.165, 1.54) is 12.2 Å². The first kappa shape index (κ1) is 11.7. The van der Waals surface area contributed by atoms with Crippen molar-refractivity contribution < 1.29 is 9.90 Å². The standard InChI is InChI=1S/C9H16N2O2/c1-3-8(12)9(13)4-6-11(2)7-5-10/h3-4,6,12H,5,7,10H2,1-2H3/b6-4-,8-3-. The van der Waals surface area contributed by atoms with Gasteiger partial charge in [0.2, 0.25) is 5.78 Å². The molecular weight excluding hydrogens is 168 g/mol. The van der Waals surface area contributed by atoms with Crippen molar-refractivity contribution in [1.29, 1.82) is 0 Å². The van der Waals surface area contributed by atoms with Crippen molar-refractivity contribution in [2.75, 3.05) is 20.1 Å². The first-order valence-electron chi connectivity index (χ1n) is 4.10. The number of ketones is 1. The maximum atomic E-state index is 11.0. The summed E-state index contributed by atoms with van der Waals surface area (Å²) < 4.78 is 0. The maximum absolute atomic E-state index is 11.0. The molecule has 13 heavy (non-hydrogen) atoms. The van der Waals surface area contributed by atoms with E-state index in [0.29, 0.717) is 13.1 Å². The lowest BCUT2D eigenvalue weighted by atomic mass is 10.3. The quantitative estimate of drug-likeness (QED) is 0.480. The van der Waals surface area contributed by atoms with Crippen LogP contribution in [0.3, 0.4) is 0 Å². The summed E-state index contributed by atoms with van der Waals surface area (Å²) in [5.41, 5.74) is 5.30. The average molecular weight is 184 g/mol. The van der Waals surface area contributed by atoms with Crippen LogP contribution in [0, 0.1) is 0 Å². The largest absolute Gasteiger partial charge is 0.504 e. The second-order valence-corrected chi connectivity index (χ2v) is 2.62. The van der Waals surface area contributed by atoms with Gasteiger partial charge in [-0.15, -0.1) is 0 Å². The van der Waals surface area contributed by atoms with Crippen LogP contribution in [0.4, 0.5) is 0 Å². The van der Waals surface area contributed by atoms with Crippen molar-refractivity contribution in [3.63, 3.8) is 0 Å². The molecule has 0 aliphatic carbocycles. The van der Waals surface area contributed by atoms with Gasteiger partial charge in [-0.3, -0.25) is 4.79 Å². The van der Waals surface area contributed by atoms with Gasteiger partial charge in [-0.1, -0.05) is 0 Å². The number of aliphatic hydroxyl groups is 1. The Hall–Kier alpha value is -1.29. The van der Waals surface area contributed by atoms with Gasteiger partial charge < -0.3 is 15.7 Å². The Morgan fingerprint density at radius 2 is 2.23 bits per heavy atom. The number of hydrogen-bond acceptors (Lipinski definition) is 4. The minimum atomic E-state index is -0.397. The van der Waals surface area contributed by atoms with Gasteiger partial charge in [-0.2, -0.15) is 0 Å². The lowest BCUT2D eigenvalue weighted by Crippen LogP contribution is -2.20. The van der Waals surface area contributed by atoms with E-state index in [-0.39, 0.29) is 5.76 Å². The topological polar surface area (TPSA) is 66.6 Å². The highest BCUT2D eigenvalue weighted by molar-refractivity contribution is 6.01. The van der Waals surface area contributed by atoms with Crippen LogP contribution in [0.2, 0.25) is 0 Å². The average Bonchev–Trinajstić information content (AvgIpc) is 2.13. The number of nitrogens with two attached hydrogens (primary N) is 1. The maximum Gasteiger partial charge on any atom is 0.221 e. The Kier molecular flexibility index (Phi) is 5.63. The van der Waals surface area contributed by atoms with Gasteiger partial charge in [0, 0.05) is 32.4 Å². The second-order valence-electron chi connectivity index (χ2n) is 2.62. The number of aliphatic hydroxyl groups excluding tert-OH is 1. The number of likely N-dealkylation sites (N-methyl/N-ethyl adjacent to an activating group) is 1.